The average molecular weight is 273 g/mol. The summed E-state index contributed by atoms with van der Waals surface area (Å²) < 4.78 is 0. The van der Waals surface area contributed by atoms with Gasteiger partial charge in [0.1, 0.15) is 5.60 Å². The summed E-state index contributed by atoms with van der Waals surface area (Å²) in [6.07, 6.45) is 2.22. The molecule has 1 saturated carbocycles. The molecule has 1 aliphatic heterocycles. The minimum atomic E-state index is -0.605. The normalized spacial score (nSPS) is 21.5. The fourth-order valence-electron chi connectivity index (χ4n) is 3.13. The Bertz CT molecular complexity index is 534. The number of hydrogen-bond donors (Lipinski definition) is 1. The third kappa shape index (κ3) is 2.24. The Labute approximate surface area is 120 Å². The molecule has 3 rings (SSSR count). The van der Waals surface area contributed by atoms with Crippen molar-refractivity contribution in [3.8, 4) is 0 Å². The maximum Gasteiger partial charge on any atom is 0.254 e. The highest BCUT2D eigenvalue weighted by molar-refractivity contribution is 5.96. The van der Waals surface area contributed by atoms with E-state index in [0.717, 1.165) is 24.0 Å². The summed E-state index contributed by atoms with van der Waals surface area (Å²) in [5.41, 5.74) is 1.20. The van der Waals surface area contributed by atoms with Gasteiger partial charge in [0.15, 0.2) is 0 Å². The number of hydrogen-bond acceptors (Lipinski definition) is 2. The van der Waals surface area contributed by atoms with Gasteiger partial charge in [-0.2, -0.15) is 0 Å². The van der Waals surface area contributed by atoms with Crippen molar-refractivity contribution < 1.29 is 9.90 Å². The number of carbonyl (C=O) groups is 1. The highest BCUT2D eigenvalue weighted by Gasteiger charge is 2.53. The lowest BCUT2D eigenvalue weighted by molar-refractivity contribution is -0.0958. The van der Waals surface area contributed by atoms with Crippen molar-refractivity contribution in [2.24, 2.45) is 5.92 Å². The van der Waals surface area contributed by atoms with Crippen LogP contribution in [0.3, 0.4) is 0 Å². The minimum absolute atomic E-state index is 0.0517. The van der Waals surface area contributed by atoms with Gasteiger partial charge in [0.2, 0.25) is 0 Å². The van der Waals surface area contributed by atoms with Crippen LogP contribution in [-0.4, -0.2) is 34.6 Å². The molecule has 0 spiro atoms. The van der Waals surface area contributed by atoms with Crippen molar-refractivity contribution in [3.63, 3.8) is 0 Å². The molecule has 0 atom stereocenters. The highest BCUT2D eigenvalue weighted by atomic mass is 16.3. The molecule has 1 aromatic carbocycles. The largest absolute Gasteiger partial charge is 0.386 e. The summed E-state index contributed by atoms with van der Waals surface area (Å²) in [7, 11) is 0. The summed E-state index contributed by atoms with van der Waals surface area (Å²) >= 11 is 0. The molecule has 1 heterocycles. The number of amides is 1. The van der Waals surface area contributed by atoms with Crippen molar-refractivity contribution in [2.45, 2.75) is 44.6 Å². The first-order chi connectivity index (χ1) is 9.31. The quantitative estimate of drug-likeness (QED) is 0.899. The van der Waals surface area contributed by atoms with Crippen LogP contribution in [0.5, 0.6) is 0 Å². The first kappa shape index (κ1) is 13.6. The molecule has 0 radical (unpaired) electrons. The number of benzene rings is 1. The Balaban J connectivity index is 1.79. The van der Waals surface area contributed by atoms with E-state index in [0.29, 0.717) is 19.0 Å². The van der Waals surface area contributed by atoms with Gasteiger partial charge in [-0.15, -0.1) is 0 Å². The third-order valence-corrected chi connectivity index (χ3v) is 4.52. The third-order valence-electron chi connectivity index (χ3n) is 4.52. The molecular formula is C17H23NO2. The van der Waals surface area contributed by atoms with Gasteiger partial charge in [-0.1, -0.05) is 39.0 Å². The number of rotatable bonds is 2. The highest BCUT2D eigenvalue weighted by Crippen LogP contribution is 2.45. The van der Waals surface area contributed by atoms with Crippen LogP contribution >= 0.6 is 0 Å². The topological polar surface area (TPSA) is 40.5 Å². The monoisotopic (exact) mass is 273 g/mol. The fourth-order valence-corrected chi connectivity index (χ4v) is 3.13. The Morgan fingerprint density at radius 1 is 1.25 bits per heavy atom. The molecule has 0 unspecified atom stereocenters. The Hall–Kier alpha value is -1.35. The van der Waals surface area contributed by atoms with Crippen LogP contribution in [0, 0.1) is 5.92 Å². The molecule has 1 aromatic rings. The van der Waals surface area contributed by atoms with Crippen LogP contribution in [0.25, 0.3) is 0 Å². The van der Waals surface area contributed by atoms with Gasteiger partial charge in [-0.25, -0.2) is 0 Å². The summed E-state index contributed by atoms with van der Waals surface area (Å²) in [6, 6.07) is 7.82. The van der Waals surface area contributed by atoms with Crippen LogP contribution in [0.15, 0.2) is 24.3 Å². The van der Waals surface area contributed by atoms with E-state index >= 15 is 0 Å². The summed E-state index contributed by atoms with van der Waals surface area (Å²) in [6.45, 7) is 7.35. The summed E-state index contributed by atoms with van der Waals surface area (Å²) in [4.78, 5) is 14.4. The van der Waals surface area contributed by atoms with Gasteiger partial charge in [-0.3, -0.25) is 4.79 Å². The maximum atomic E-state index is 12.6. The second-order valence-corrected chi connectivity index (χ2v) is 7.33. The molecule has 1 saturated heterocycles. The zero-order valence-electron chi connectivity index (χ0n) is 12.5. The molecule has 1 N–H and O–H groups in total. The van der Waals surface area contributed by atoms with E-state index < -0.39 is 5.60 Å². The van der Waals surface area contributed by atoms with E-state index in [1.165, 1.54) is 0 Å². The molecule has 2 aliphatic rings. The van der Waals surface area contributed by atoms with Gasteiger partial charge in [-0.05, 0) is 35.8 Å². The van der Waals surface area contributed by atoms with Crippen molar-refractivity contribution in [1.82, 2.24) is 4.90 Å². The Morgan fingerprint density at radius 2 is 1.85 bits per heavy atom. The van der Waals surface area contributed by atoms with E-state index in [1.54, 1.807) is 4.90 Å². The minimum Gasteiger partial charge on any atom is -0.386 e. The predicted molar refractivity (Wildman–Crippen MR) is 78.7 cm³/mol. The molecule has 0 bridgehead atoms. The number of likely N-dealkylation sites (tertiary alicyclic amines) is 1. The first-order valence-corrected chi connectivity index (χ1v) is 7.42. The molecular weight excluding hydrogens is 250 g/mol. The molecule has 3 heteroatoms. The Morgan fingerprint density at radius 3 is 2.40 bits per heavy atom. The van der Waals surface area contributed by atoms with E-state index in [2.05, 4.69) is 20.8 Å². The standard InChI is InChI=1S/C17H23NO2/c1-16(2,3)14-7-5-4-6-13(14)15(19)18-10-17(20,11-18)12-8-9-12/h4-7,12,20H,8-11H2,1-3H3. The lowest BCUT2D eigenvalue weighted by atomic mass is 9.82. The first-order valence-electron chi connectivity index (χ1n) is 7.42. The van der Waals surface area contributed by atoms with E-state index in [-0.39, 0.29) is 11.3 Å². The molecule has 1 amide bonds. The SMILES string of the molecule is CC(C)(C)c1ccccc1C(=O)N1CC(O)(C2CC2)C1. The zero-order valence-corrected chi connectivity index (χ0v) is 12.5. The van der Waals surface area contributed by atoms with Gasteiger partial charge in [0.25, 0.3) is 5.91 Å². The number of aliphatic hydroxyl groups is 1. The second-order valence-electron chi connectivity index (χ2n) is 7.33. The molecule has 3 nitrogen and oxygen atoms in total. The predicted octanol–water partition coefficient (Wildman–Crippen LogP) is 2.58. The number of carbonyl (C=O) groups excluding carboxylic acids is 1. The van der Waals surface area contributed by atoms with Gasteiger partial charge in [0, 0.05) is 5.56 Å². The van der Waals surface area contributed by atoms with Crippen molar-refractivity contribution in [3.05, 3.63) is 35.4 Å². The maximum absolute atomic E-state index is 12.6. The van der Waals surface area contributed by atoms with Crippen molar-refractivity contribution in [2.75, 3.05) is 13.1 Å². The zero-order chi connectivity index (χ0) is 14.5. The summed E-state index contributed by atoms with van der Waals surface area (Å²) in [5.74, 6) is 0.477. The molecule has 2 fully saturated rings. The van der Waals surface area contributed by atoms with Crippen LogP contribution in [0.4, 0.5) is 0 Å². The van der Waals surface area contributed by atoms with Crippen LogP contribution in [0.1, 0.15) is 49.5 Å². The lowest BCUT2D eigenvalue weighted by Gasteiger charge is -2.47. The number of β-amino-alcohol motifs (C(OH)–C–C–N with tert-alkyl or cyclic N) is 1. The summed E-state index contributed by atoms with van der Waals surface area (Å²) in [5, 5.41) is 10.4. The van der Waals surface area contributed by atoms with E-state index in [1.807, 2.05) is 24.3 Å². The van der Waals surface area contributed by atoms with Crippen LogP contribution in [-0.2, 0) is 5.41 Å². The van der Waals surface area contributed by atoms with Crippen LogP contribution in [0.2, 0.25) is 0 Å². The second kappa shape index (κ2) is 4.32. The molecule has 20 heavy (non-hydrogen) atoms. The van der Waals surface area contributed by atoms with E-state index in [9.17, 15) is 9.90 Å². The molecule has 1 aliphatic carbocycles. The van der Waals surface area contributed by atoms with Gasteiger partial charge in [0.05, 0.1) is 13.1 Å². The van der Waals surface area contributed by atoms with Gasteiger partial charge >= 0.3 is 0 Å². The molecule has 0 aromatic heterocycles. The Kier molecular flexibility index (Phi) is 2.94. The number of nitrogens with zero attached hydrogens (tertiary/aromatic N) is 1. The lowest BCUT2D eigenvalue weighted by Crippen LogP contribution is -2.64. The van der Waals surface area contributed by atoms with Crippen molar-refractivity contribution in [1.29, 1.82) is 0 Å². The van der Waals surface area contributed by atoms with Crippen LogP contribution < -0.4 is 0 Å². The fraction of sp³-hybridized carbons (Fsp3) is 0.588. The van der Waals surface area contributed by atoms with Gasteiger partial charge < -0.3 is 10.0 Å². The van der Waals surface area contributed by atoms with E-state index in [4.69, 9.17) is 0 Å². The van der Waals surface area contributed by atoms with Crippen molar-refractivity contribution >= 4 is 5.91 Å². The smallest absolute Gasteiger partial charge is 0.254 e. The molecule has 108 valence electrons. The average Bonchev–Trinajstić information content (AvgIpc) is 3.17.